The van der Waals surface area contributed by atoms with Crippen LogP contribution in [0.2, 0.25) is 0 Å². The highest BCUT2D eigenvalue weighted by Crippen LogP contribution is 2.31. The molecule has 120 valence electrons. The molecule has 2 nitrogen and oxygen atoms in total. The minimum atomic E-state index is 1.00. The average Bonchev–Trinajstić information content (AvgIpc) is 2.91. The van der Waals surface area contributed by atoms with Crippen LogP contribution in [0, 0.1) is 0 Å². The van der Waals surface area contributed by atoms with Gasteiger partial charge in [0.05, 0.1) is 0 Å². The summed E-state index contributed by atoms with van der Waals surface area (Å²) in [6.07, 6.45) is 12.3. The standard InChI is InChI=1S/C22H22N2/c1-4-5-9-16(2)17(3)19-12-13-23-22-20(14-19)15-21(24-22)18-10-7-6-8-11-18/h4-15,23-24H,3H2,1-2H3/b5-4-,16-9-. The van der Waals surface area contributed by atoms with E-state index >= 15 is 0 Å². The van der Waals surface area contributed by atoms with Crippen LogP contribution in [0.5, 0.6) is 0 Å². The average molecular weight is 314 g/mol. The fourth-order valence-electron chi connectivity index (χ4n) is 2.66. The summed E-state index contributed by atoms with van der Waals surface area (Å²) in [5, 5.41) is 3.32. The normalized spacial score (nSPS) is 14.1. The number of allylic oxidation sites excluding steroid dienone is 7. The molecule has 0 radical (unpaired) electrons. The second kappa shape index (κ2) is 7.05. The van der Waals surface area contributed by atoms with Crippen LogP contribution in [0.3, 0.4) is 0 Å². The van der Waals surface area contributed by atoms with E-state index in [2.05, 4.69) is 60.2 Å². The maximum Gasteiger partial charge on any atom is 0.115 e. The lowest BCUT2D eigenvalue weighted by molar-refractivity contribution is 1.37. The Labute approximate surface area is 143 Å². The van der Waals surface area contributed by atoms with Gasteiger partial charge in [-0.1, -0.05) is 55.1 Å². The van der Waals surface area contributed by atoms with Crippen molar-refractivity contribution in [3.63, 3.8) is 0 Å². The molecule has 2 heterocycles. The topological polar surface area (TPSA) is 27.8 Å². The number of benzene rings is 1. The number of anilines is 1. The van der Waals surface area contributed by atoms with Crippen LogP contribution in [-0.2, 0) is 0 Å². The van der Waals surface area contributed by atoms with Crippen molar-refractivity contribution >= 4 is 11.9 Å². The molecule has 2 aromatic rings. The zero-order valence-electron chi connectivity index (χ0n) is 14.1. The molecule has 2 N–H and O–H groups in total. The Kier molecular flexibility index (Phi) is 4.66. The molecule has 0 atom stereocenters. The molecular formula is C22H22N2. The number of fused-ring (bicyclic) bond motifs is 1. The maximum absolute atomic E-state index is 4.25. The minimum absolute atomic E-state index is 1.00. The number of aromatic nitrogens is 1. The molecule has 1 aromatic heterocycles. The van der Waals surface area contributed by atoms with E-state index in [0.717, 1.165) is 33.8 Å². The Morgan fingerprint density at radius 1 is 1.17 bits per heavy atom. The largest absolute Gasteiger partial charge is 0.348 e. The van der Waals surface area contributed by atoms with E-state index in [0.29, 0.717) is 0 Å². The van der Waals surface area contributed by atoms with E-state index in [1.807, 2.05) is 43.5 Å². The van der Waals surface area contributed by atoms with Gasteiger partial charge >= 0.3 is 0 Å². The molecule has 0 fully saturated rings. The van der Waals surface area contributed by atoms with E-state index in [1.54, 1.807) is 0 Å². The van der Waals surface area contributed by atoms with Crippen LogP contribution in [0.15, 0.2) is 90.2 Å². The van der Waals surface area contributed by atoms with Gasteiger partial charge in [-0.05, 0) is 54.3 Å². The maximum atomic E-state index is 4.25. The van der Waals surface area contributed by atoms with Crippen molar-refractivity contribution in [3.05, 3.63) is 95.8 Å². The second-order valence-corrected chi connectivity index (χ2v) is 5.81. The molecular weight excluding hydrogens is 292 g/mol. The minimum Gasteiger partial charge on any atom is -0.348 e. The summed E-state index contributed by atoms with van der Waals surface area (Å²) >= 11 is 0. The zero-order chi connectivity index (χ0) is 16.9. The van der Waals surface area contributed by atoms with Crippen molar-refractivity contribution in [3.8, 4) is 11.3 Å². The van der Waals surface area contributed by atoms with E-state index in [-0.39, 0.29) is 0 Å². The highest BCUT2D eigenvalue weighted by Gasteiger charge is 2.11. The Hall–Kier alpha value is -3.00. The number of H-pyrrole nitrogens is 1. The summed E-state index contributed by atoms with van der Waals surface area (Å²) in [5.74, 6) is 1.00. The first kappa shape index (κ1) is 15.9. The lowest BCUT2D eigenvalue weighted by Crippen LogP contribution is -1.88. The van der Waals surface area contributed by atoms with Gasteiger partial charge in [0.15, 0.2) is 0 Å². The van der Waals surface area contributed by atoms with Gasteiger partial charge in [0.1, 0.15) is 5.82 Å². The Morgan fingerprint density at radius 3 is 2.71 bits per heavy atom. The van der Waals surface area contributed by atoms with Crippen molar-refractivity contribution in [1.29, 1.82) is 0 Å². The predicted octanol–water partition coefficient (Wildman–Crippen LogP) is 6.08. The smallest absolute Gasteiger partial charge is 0.115 e. The number of rotatable bonds is 4. The van der Waals surface area contributed by atoms with Crippen LogP contribution in [0.4, 0.5) is 5.82 Å². The van der Waals surface area contributed by atoms with Crippen LogP contribution in [0.25, 0.3) is 17.3 Å². The monoisotopic (exact) mass is 314 g/mol. The molecule has 1 aromatic carbocycles. The molecule has 0 saturated heterocycles. The number of hydrogen-bond acceptors (Lipinski definition) is 1. The zero-order valence-corrected chi connectivity index (χ0v) is 14.1. The molecule has 0 unspecified atom stereocenters. The van der Waals surface area contributed by atoms with E-state index < -0.39 is 0 Å². The fourth-order valence-corrected chi connectivity index (χ4v) is 2.66. The van der Waals surface area contributed by atoms with Gasteiger partial charge in [-0.2, -0.15) is 0 Å². The molecule has 1 aliphatic rings. The molecule has 0 spiro atoms. The SMILES string of the molecule is C=C(C1=Cc2cc(-c3ccccc3)[nH]c2NC=C1)/C(C)=C\C=C/C. The first-order chi connectivity index (χ1) is 11.7. The van der Waals surface area contributed by atoms with Crippen molar-refractivity contribution in [2.24, 2.45) is 0 Å². The van der Waals surface area contributed by atoms with Gasteiger partial charge in [0.2, 0.25) is 0 Å². The van der Waals surface area contributed by atoms with Crippen molar-refractivity contribution in [2.45, 2.75) is 13.8 Å². The third kappa shape index (κ3) is 3.33. The van der Waals surface area contributed by atoms with Crippen LogP contribution >= 0.6 is 0 Å². The first-order valence-corrected chi connectivity index (χ1v) is 8.11. The summed E-state index contributed by atoms with van der Waals surface area (Å²) in [6.45, 7) is 8.35. The third-order valence-electron chi connectivity index (χ3n) is 4.10. The summed E-state index contributed by atoms with van der Waals surface area (Å²) in [4.78, 5) is 3.45. The fraction of sp³-hybridized carbons (Fsp3) is 0.0909. The van der Waals surface area contributed by atoms with E-state index in [9.17, 15) is 0 Å². The molecule has 0 bridgehead atoms. The van der Waals surface area contributed by atoms with Gasteiger partial charge in [0, 0.05) is 17.5 Å². The van der Waals surface area contributed by atoms with E-state index in [4.69, 9.17) is 0 Å². The van der Waals surface area contributed by atoms with Gasteiger partial charge in [-0.15, -0.1) is 0 Å². The molecule has 0 amide bonds. The number of aromatic amines is 1. The molecule has 0 aliphatic carbocycles. The van der Waals surface area contributed by atoms with Gasteiger partial charge < -0.3 is 10.3 Å². The Bertz CT molecular complexity index is 859. The van der Waals surface area contributed by atoms with Crippen molar-refractivity contribution in [1.82, 2.24) is 4.98 Å². The molecule has 24 heavy (non-hydrogen) atoms. The van der Waals surface area contributed by atoms with Crippen LogP contribution in [-0.4, -0.2) is 4.98 Å². The Balaban J connectivity index is 1.95. The number of hydrogen-bond donors (Lipinski definition) is 2. The van der Waals surface area contributed by atoms with Crippen LogP contribution < -0.4 is 5.32 Å². The predicted molar refractivity (Wildman–Crippen MR) is 105 cm³/mol. The van der Waals surface area contributed by atoms with Crippen molar-refractivity contribution in [2.75, 3.05) is 5.32 Å². The van der Waals surface area contributed by atoms with Gasteiger partial charge in [-0.3, -0.25) is 0 Å². The lowest BCUT2D eigenvalue weighted by Gasteiger charge is -2.06. The Morgan fingerprint density at radius 2 is 1.96 bits per heavy atom. The van der Waals surface area contributed by atoms with Crippen LogP contribution in [0.1, 0.15) is 19.4 Å². The summed E-state index contributed by atoms with van der Waals surface area (Å²) in [6, 6.07) is 12.5. The summed E-state index contributed by atoms with van der Waals surface area (Å²) < 4.78 is 0. The molecule has 2 heteroatoms. The first-order valence-electron chi connectivity index (χ1n) is 8.11. The molecule has 1 aliphatic heterocycles. The molecule has 0 saturated carbocycles. The van der Waals surface area contributed by atoms with E-state index in [1.165, 1.54) is 5.56 Å². The third-order valence-corrected chi connectivity index (χ3v) is 4.10. The highest BCUT2D eigenvalue weighted by atomic mass is 15.0. The summed E-state index contributed by atoms with van der Waals surface area (Å²) in [5.41, 5.74) is 6.71. The van der Waals surface area contributed by atoms with Gasteiger partial charge in [-0.25, -0.2) is 0 Å². The summed E-state index contributed by atoms with van der Waals surface area (Å²) in [7, 11) is 0. The number of nitrogens with one attached hydrogen (secondary N) is 2. The van der Waals surface area contributed by atoms with Gasteiger partial charge in [0.25, 0.3) is 0 Å². The quantitative estimate of drug-likeness (QED) is 0.657. The highest BCUT2D eigenvalue weighted by molar-refractivity contribution is 5.79. The van der Waals surface area contributed by atoms with Crippen molar-refractivity contribution < 1.29 is 0 Å². The second-order valence-electron chi connectivity index (χ2n) is 5.81. The molecule has 3 rings (SSSR count). The lowest BCUT2D eigenvalue weighted by atomic mass is 9.98.